The molecule has 0 saturated carbocycles. The minimum atomic E-state index is -0.751. The summed E-state index contributed by atoms with van der Waals surface area (Å²) in [6.07, 6.45) is 11.8. The van der Waals surface area contributed by atoms with Crippen LogP contribution in [0.2, 0.25) is 0 Å². The number of carbonyl (C=O) groups is 3. The van der Waals surface area contributed by atoms with Crippen LogP contribution in [-0.4, -0.2) is 48.7 Å². The summed E-state index contributed by atoms with van der Waals surface area (Å²) < 4.78 is 16.6. The first-order valence-electron chi connectivity index (χ1n) is 12.9. The summed E-state index contributed by atoms with van der Waals surface area (Å²) in [6, 6.07) is 0. The third-order valence-corrected chi connectivity index (χ3v) is 5.54. The number of hydrogen-bond acceptors (Lipinski definition) is 6. The molecule has 8 heteroatoms. The number of nitrogens with one attached hydrogen (secondary N) is 1. The third-order valence-electron chi connectivity index (χ3n) is 5.54. The molecule has 0 fully saturated rings. The molecule has 2 atom stereocenters. The van der Waals surface area contributed by atoms with E-state index in [1.165, 1.54) is 32.6 Å². The second-order valence-corrected chi connectivity index (χ2v) is 8.73. The lowest BCUT2D eigenvalue weighted by Crippen LogP contribution is -2.38. The van der Waals surface area contributed by atoms with E-state index in [9.17, 15) is 14.4 Å². The fraction of sp³-hybridized carbons (Fsp3) is 0.808. The number of rotatable bonds is 22. The van der Waals surface area contributed by atoms with Crippen LogP contribution in [0.15, 0.2) is 12.2 Å². The molecule has 0 spiro atoms. The van der Waals surface area contributed by atoms with Crippen LogP contribution in [0, 0.1) is 0 Å². The third kappa shape index (κ3) is 18.3. The van der Waals surface area contributed by atoms with Gasteiger partial charge in [-0.3, -0.25) is 10.1 Å². The van der Waals surface area contributed by atoms with E-state index in [1.807, 2.05) is 6.92 Å². The molecule has 2 unspecified atom stereocenters. The summed E-state index contributed by atoms with van der Waals surface area (Å²) in [5, 5.41) is 11.2. The van der Waals surface area contributed by atoms with E-state index in [-0.39, 0.29) is 30.9 Å². The number of alkyl carbamates (subject to hydrolysis) is 1. The van der Waals surface area contributed by atoms with Gasteiger partial charge in [0, 0.05) is 18.6 Å². The molecule has 0 aromatic carbocycles. The number of unbranched alkanes of at least 4 members (excludes halogenated alkanes) is 9. The molecule has 198 valence electrons. The van der Waals surface area contributed by atoms with E-state index in [4.69, 9.17) is 19.3 Å². The second kappa shape index (κ2) is 21.4. The number of carboxylic acid groups (broad SMARTS) is 1. The number of esters is 1. The van der Waals surface area contributed by atoms with Gasteiger partial charge < -0.3 is 19.3 Å². The quantitative estimate of drug-likeness (QED) is 0.0821. The number of hydrogen-bond donors (Lipinski definition) is 2. The highest BCUT2D eigenvalue weighted by atomic mass is 16.6. The van der Waals surface area contributed by atoms with Gasteiger partial charge >= 0.3 is 18.0 Å². The zero-order chi connectivity index (χ0) is 25.6. The molecule has 0 aromatic rings. The molecular weight excluding hydrogens is 438 g/mol. The van der Waals surface area contributed by atoms with Gasteiger partial charge in [-0.2, -0.15) is 0 Å². The summed E-state index contributed by atoms with van der Waals surface area (Å²) in [6.45, 7) is 9.41. The van der Waals surface area contributed by atoms with Crippen LogP contribution >= 0.6 is 0 Å². The summed E-state index contributed by atoms with van der Waals surface area (Å²) in [5.41, 5.74) is 0.260. The summed E-state index contributed by atoms with van der Waals surface area (Å²) in [5.74, 6) is -1.32. The molecule has 0 aromatic heterocycles. The van der Waals surface area contributed by atoms with E-state index < -0.39 is 18.0 Å². The van der Waals surface area contributed by atoms with Crippen molar-refractivity contribution in [2.45, 2.75) is 123 Å². The minimum absolute atomic E-state index is 0.205. The maximum absolute atomic E-state index is 12.3. The Hall–Kier alpha value is -2.09. The van der Waals surface area contributed by atoms with Crippen molar-refractivity contribution in [1.29, 1.82) is 0 Å². The van der Waals surface area contributed by atoms with Gasteiger partial charge in [0.15, 0.2) is 6.73 Å². The second-order valence-electron chi connectivity index (χ2n) is 8.73. The van der Waals surface area contributed by atoms with Gasteiger partial charge in [-0.15, -0.1) is 0 Å². The molecule has 2 N–H and O–H groups in total. The number of carboxylic acids is 1. The smallest absolute Gasteiger partial charge is 0.410 e. The molecule has 0 saturated heterocycles. The number of ether oxygens (including phenoxy) is 3. The predicted molar refractivity (Wildman–Crippen MR) is 133 cm³/mol. The molecule has 0 aliphatic heterocycles. The molecule has 0 radical (unpaired) electrons. The molecule has 0 aliphatic rings. The van der Waals surface area contributed by atoms with Crippen molar-refractivity contribution < 1.29 is 33.7 Å². The minimum Gasteiger partial charge on any atom is -0.481 e. The Morgan fingerprint density at radius 2 is 1.41 bits per heavy atom. The molecule has 0 heterocycles. The summed E-state index contributed by atoms with van der Waals surface area (Å²) in [4.78, 5) is 34.4. The maximum Gasteiger partial charge on any atom is 0.410 e. The molecule has 0 bridgehead atoms. The van der Waals surface area contributed by atoms with Gasteiger partial charge in [-0.1, -0.05) is 71.3 Å². The van der Waals surface area contributed by atoms with Crippen LogP contribution < -0.4 is 5.32 Å². The molecule has 0 rings (SSSR count). The van der Waals surface area contributed by atoms with Crippen molar-refractivity contribution >= 4 is 18.0 Å². The summed E-state index contributed by atoms with van der Waals surface area (Å²) in [7, 11) is 0. The van der Waals surface area contributed by atoms with Crippen molar-refractivity contribution in [3.05, 3.63) is 12.2 Å². The predicted octanol–water partition coefficient (Wildman–Crippen LogP) is 6.13. The highest BCUT2D eigenvalue weighted by Crippen LogP contribution is 2.20. The van der Waals surface area contributed by atoms with Crippen LogP contribution in [0.1, 0.15) is 111 Å². The molecule has 8 nitrogen and oxygen atoms in total. The molecule has 0 aliphatic carbocycles. The summed E-state index contributed by atoms with van der Waals surface area (Å²) >= 11 is 0. The van der Waals surface area contributed by atoms with Gasteiger partial charge in [0.1, 0.15) is 6.10 Å². The zero-order valence-corrected chi connectivity index (χ0v) is 21.6. The molecule has 1 amide bonds. The van der Waals surface area contributed by atoms with Crippen molar-refractivity contribution in [3.63, 3.8) is 0 Å². The van der Waals surface area contributed by atoms with Crippen molar-refractivity contribution in [2.24, 2.45) is 0 Å². The molecule has 34 heavy (non-hydrogen) atoms. The Bertz CT molecular complexity index is 579. The Kier molecular flexibility index (Phi) is 20.1. The average Bonchev–Trinajstić information content (AvgIpc) is 2.78. The van der Waals surface area contributed by atoms with Crippen LogP contribution in [-0.2, 0) is 23.8 Å². The molecular formula is C26H47NO7. The van der Waals surface area contributed by atoms with Crippen molar-refractivity contribution in [2.75, 3.05) is 13.3 Å². The number of amides is 1. The van der Waals surface area contributed by atoms with Crippen LogP contribution in [0.5, 0.6) is 0 Å². The van der Waals surface area contributed by atoms with Crippen molar-refractivity contribution in [3.8, 4) is 0 Å². The van der Waals surface area contributed by atoms with E-state index in [0.717, 1.165) is 44.9 Å². The largest absolute Gasteiger partial charge is 0.481 e. The fourth-order valence-corrected chi connectivity index (χ4v) is 3.65. The van der Waals surface area contributed by atoms with Crippen molar-refractivity contribution in [1.82, 2.24) is 5.32 Å². The lowest BCUT2D eigenvalue weighted by atomic mass is 9.99. The first kappa shape index (κ1) is 31.9. The van der Waals surface area contributed by atoms with E-state index in [1.54, 1.807) is 0 Å². The Balaban J connectivity index is 4.69. The Morgan fingerprint density at radius 3 is 1.97 bits per heavy atom. The monoisotopic (exact) mass is 485 g/mol. The fourth-order valence-electron chi connectivity index (χ4n) is 3.65. The zero-order valence-electron chi connectivity index (χ0n) is 21.6. The lowest BCUT2D eigenvalue weighted by Gasteiger charge is -2.27. The Morgan fingerprint density at radius 1 is 0.853 bits per heavy atom. The van der Waals surface area contributed by atoms with Gasteiger partial charge in [0.2, 0.25) is 0 Å². The number of aliphatic carboxylic acids is 1. The van der Waals surface area contributed by atoms with Gasteiger partial charge in [-0.05, 0) is 39.5 Å². The maximum atomic E-state index is 12.3. The lowest BCUT2D eigenvalue weighted by molar-refractivity contribution is -0.139. The van der Waals surface area contributed by atoms with Gasteiger partial charge in [-0.25, -0.2) is 9.59 Å². The first-order chi connectivity index (χ1) is 16.3. The Labute approximate surface area is 205 Å². The normalized spacial score (nSPS) is 12.6. The SMILES string of the molecule is C=C(C)C(=O)OCNC(=O)OC(CCCCCCCC)C(CCCCCCCC(=O)O)OCC. The van der Waals surface area contributed by atoms with Gasteiger partial charge in [0.05, 0.1) is 6.10 Å². The van der Waals surface area contributed by atoms with E-state index >= 15 is 0 Å². The average molecular weight is 486 g/mol. The van der Waals surface area contributed by atoms with Crippen LogP contribution in [0.25, 0.3) is 0 Å². The first-order valence-corrected chi connectivity index (χ1v) is 12.9. The number of carbonyl (C=O) groups excluding carboxylic acids is 2. The van der Waals surface area contributed by atoms with Crippen LogP contribution in [0.3, 0.4) is 0 Å². The standard InChI is InChI=1S/C26H47NO7/c1-5-7-8-9-11-15-18-23(34-26(31)27-20-33-25(30)21(3)4)22(32-6-2)17-14-12-10-13-16-19-24(28)29/h22-23H,3,5-20H2,1-2,4H3,(H,27,31)(H,28,29). The highest BCUT2D eigenvalue weighted by molar-refractivity contribution is 5.87. The highest BCUT2D eigenvalue weighted by Gasteiger charge is 2.25. The topological polar surface area (TPSA) is 111 Å². The van der Waals surface area contributed by atoms with Crippen LogP contribution in [0.4, 0.5) is 4.79 Å². The van der Waals surface area contributed by atoms with Gasteiger partial charge in [0.25, 0.3) is 0 Å². The van der Waals surface area contributed by atoms with E-state index in [0.29, 0.717) is 19.4 Å². The van der Waals surface area contributed by atoms with E-state index in [2.05, 4.69) is 18.8 Å².